The normalized spacial score (nSPS) is 16.9. The van der Waals surface area contributed by atoms with Crippen molar-refractivity contribution in [3.63, 3.8) is 0 Å². The molecule has 3 rings (SSSR count). The van der Waals surface area contributed by atoms with E-state index >= 15 is 0 Å². The average Bonchev–Trinajstić information content (AvgIpc) is 2.83. The molecule has 1 heterocycles. The van der Waals surface area contributed by atoms with E-state index < -0.39 is 22.2 Å². The van der Waals surface area contributed by atoms with Crippen molar-refractivity contribution in [3.8, 4) is 5.75 Å². The number of nitrogen functional groups attached to an aromatic ring is 1. The number of carbonyl (C=O) groups is 1. The Morgan fingerprint density at radius 1 is 1.12 bits per heavy atom. The van der Waals surface area contributed by atoms with Gasteiger partial charge in [0.1, 0.15) is 11.8 Å². The molecule has 180 valence electrons. The Morgan fingerprint density at radius 2 is 1.91 bits per heavy atom. The highest BCUT2D eigenvalue weighted by atomic mass is 32.2. The Kier molecular flexibility index (Phi) is 9.11. The van der Waals surface area contributed by atoms with Gasteiger partial charge in [-0.1, -0.05) is 36.4 Å². The molecule has 9 heteroatoms. The predicted molar refractivity (Wildman–Crippen MR) is 128 cm³/mol. The number of benzene rings is 2. The molecule has 2 aromatic carbocycles. The van der Waals surface area contributed by atoms with Crippen molar-refractivity contribution in [2.45, 2.75) is 51.1 Å². The molecule has 1 atom stereocenters. The van der Waals surface area contributed by atoms with Crippen LogP contribution in [-0.4, -0.2) is 45.0 Å². The molecule has 0 radical (unpaired) electrons. The van der Waals surface area contributed by atoms with E-state index in [1.807, 2.05) is 18.2 Å². The molecule has 0 spiro atoms. The summed E-state index contributed by atoms with van der Waals surface area (Å²) in [5.74, 6) is 0.0534. The third-order valence-corrected chi connectivity index (χ3v) is 7.30. The van der Waals surface area contributed by atoms with Crippen molar-refractivity contribution in [1.29, 1.82) is 0 Å². The standard InChI is InChI=1S/C24H33N3O5S/c1-31-23-14-13-20(17-21(23)25)18-26-33(29,30)27-15-7-5-12-22(27)24(28)32-16-8-6-11-19-9-3-2-4-10-19/h2-4,9-10,13-14,17,22,26H,5-8,11-12,15-16,18,25H2,1H3/t22-/m0/s1. The van der Waals surface area contributed by atoms with E-state index in [1.54, 1.807) is 18.2 Å². The number of hydrogen-bond donors (Lipinski definition) is 2. The fraction of sp³-hybridized carbons (Fsp3) is 0.458. The van der Waals surface area contributed by atoms with Crippen LogP contribution in [0.25, 0.3) is 0 Å². The Bertz CT molecular complexity index is 1010. The number of carbonyl (C=O) groups excluding carboxylic acids is 1. The molecule has 0 unspecified atom stereocenters. The van der Waals surface area contributed by atoms with Crippen LogP contribution in [0.4, 0.5) is 5.69 Å². The molecular formula is C24H33N3O5S. The number of unbranched alkanes of at least 4 members (excludes halogenated alkanes) is 1. The number of aryl methyl sites for hydroxylation is 1. The molecule has 3 N–H and O–H groups in total. The highest BCUT2D eigenvalue weighted by Crippen LogP contribution is 2.23. The summed E-state index contributed by atoms with van der Waals surface area (Å²) in [7, 11) is -2.34. The fourth-order valence-corrected chi connectivity index (χ4v) is 5.34. The highest BCUT2D eigenvalue weighted by Gasteiger charge is 2.37. The predicted octanol–water partition coefficient (Wildman–Crippen LogP) is 3.03. The number of ether oxygens (including phenoxy) is 2. The molecule has 2 aromatic rings. The monoisotopic (exact) mass is 475 g/mol. The number of esters is 1. The minimum Gasteiger partial charge on any atom is -0.495 e. The minimum absolute atomic E-state index is 0.0638. The smallest absolute Gasteiger partial charge is 0.324 e. The average molecular weight is 476 g/mol. The first kappa shape index (κ1) is 25.0. The zero-order valence-electron chi connectivity index (χ0n) is 19.0. The van der Waals surface area contributed by atoms with Crippen LogP contribution in [0.5, 0.6) is 5.75 Å². The van der Waals surface area contributed by atoms with E-state index in [9.17, 15) is 13.2 Å². The summed E-state index contributed by atoms with van der Waals surface area (Å²) in [5, 5.41) is 0. The Balaban J connectivity index is 1.51. The van der Waals surface area contributed by atoms with Gasteiger partial charge in [0.15, 0.2) is 0 Å². The number of piperidine rings is 1. The maximum Gasteiger partial charge on any atom is 0.324 e. The number of methoxy groups -OCH3 is 1. The highest BCUT2D eigenvalue weighted by molar-refractivity contribution is 7.87. The lowest BCUT2D eigenvalue weighted by Gasteiger charge is -2.33. The van der Waals surface area contributed by atoms with Crippen molar-refractivity contribution in [3.05, 3.63) is 59.7 Å². The van der Waals surface area contributed by atoms with E-state index in [2.05, 4.69) is 16.9 Å². The number of rotatable bonds is 11. The number of nitrogens with zero attached hydrogens (tertiary/aromatic N) is 1. The third-order valence-electron chi connectivity index (χ3n) is 5.73. The van der Waals surface area contributed by atoms with E-state index in [0.717, 1.165) is 25.7 Å². The number of nitrogens with one attached hydrogen (secondary N) is 1. The van der Waals surface area contributed by atoms with Crippen molar-refractivity contribution in [2.75, 3.05) is 26.0 Å². The summed E-state index contributed by atoms with van der Waals surface area (Å²) in [5.41, 5.74) is 8.28. The largest absolute Gasteiger partial charge is 0.495 e. The second-order valence-electron chi connectivity index (χ2n) is 8.13. The van der Waals surface area contributed by atoms with Crippen molar-refractivity contribution in [2.24, 2.45) is 0 Å². The first-order valence-corrected chi connectivity index (χ1v) is 12.7. The molecule has 1 fully saturated rings. The second kappa shape index (κ2) is 12.0. The molecule has 8 nitrogen and oxygen atoms in total. The van der Waals surface area contributed by atoms with Gasteiger partial charge in [0, 0.05) is 13.1 Å². The van der Waals surface area contributed by atoms with E-state index in [1.165, 1.54) is 17.0 Å². The molecule has 33 heavy (non-hydrogen) atoms. The van der Waals surface area contributed by atoms with Gasteiger partial charge in [0.25, 0.3) is 10.2 Å². The van der Waals surface area contributed by atoms with Gasteiger partial charge in [-0.3, -0.25) is 4.79 Å². The van der Waals surface area contributed by atoms with Crippen LogP contribution in [-0.2, 0) is 32.7 Å². The summed E-state index contributed by atoms with van der Waals surface area (Å²) in [6.07, 6.45) is 4.50. The first-order chi connectivity index (χ1) is 15.9. The molecule has 0 amide bonds. The fourth-order valence-electron chi connectivity index (χ4n) is 3.92. The van der Waals surface area contributed by atoms with Crippen molar-refractivity contribution in [1.82, 2.24) is 9.03 Å². The molecule has 0 aromatic heterocycles. The van der Waals surface area contributed by atoms with Gasteiger partial charge in [-0.05, 0) is 61.8 Å². The molecule has 1 aliphatic rings. The lowest BCUT2D eigenvalue weighted by molar-refractivity contribution is -0.149. The summed E-state index contributed by atoms with van der Waals surface area (Å²) in [6, 6.07) is 14.4. The second-order valence-corrected chi connectivity index (χ2v) is 9.84. The van der Waals surface area contributed by atoms with Crippen LogP contribution in [0.3, 0.4) is 0 Å². The van der Waals surface area contributed by atoms with Crippen LogP contribution >= 0.6 is 0 Å². The van der Waals surface area contributed by atoms with Gasteiger partial charge in [-0.25, -0.2) is 0 Å². The summed E-state index contributed by atoms with van der Waals surface area (Å²) in [4.78, 5) is 12.7. The van der Waals surface area contributed by atoms with Crippen LogP contribution < -0.4 is 15.2 Å². The molecule has 0 bridgehead atoms. The molecule has 1 aliphatic heterocycles. The summed E-state index contributed by atoms with van der Waals surface area (Å²) in [6.45, 7) is 0.636. The Labute approximate surface area is 196 Å². The van der Waals surface area contributed by atoms with Gasteiger partial charge < -0.3 is 15.2 Å². The van der Waals surface area contributed by atoms with Crippen LogP contribution in [0.2, 0.25) is 0 Å². The summed E-state index contributed by atoms with van der Waals surface area (Å²) >= 11 is 0. The Hall–Kier alpha value is -2.62. The molecule has 0 saturated carbocycles. The van der Waals surface area contributed by atoms with Crippen molar-refractivity contribution >= 4 is 21.9 Å². The maximum atomic E-state index is 13.0. The third kappa shape index (κ3) is 7.18. The zero-order chi connectivity index (χ0) is 23.7. The SMILES string of the molecule is COc1ccc(CNS(=O)(=O)N2CCCC[C@H]2C(=O)OCCCCc2ccccc2)cc1N. The van der Waals surface area contributed by atoms with E-state index in [-0.39, 0.29) is 19.7 Å². The maximum absolute atomic E-state index is 13.0. The number of anilines is 1. The minimum atomic E-state index is -3.87. The number of nitrogens with two attached hydrogens (primary N) is 1. The topological polar surface area (TPSA) is 111 Å². The van der Waals surface area contributed by atoms with Gasteiger partial charge in [0.05, 0.1) is 19.4 Å². The van der Waals surface area contributed by atoms with Crippen molar-refractivity contribution < 1.29 is 22.7 Å². The van der Waals surface area contributed by atoms with Crippen LogP contribution in [0.15, 0.2) is 48.5 Å². The number of hydrogen-bond acceptors (Lipinski definition) is 6. The van der Waals surface area contributed by atoms with Gasteiger partial charge in [-0.2, -0.15) is 17.4 Å². The van der Waals surface area contributed by atoms with E-state index in [4.69, 9.17) is 15.2 Å². The Morgan fingerprint density at radius 3 is 2.64 bits per heavy atom. The lowest BCUT2D eigenvalue weighted by Crippen LogP contribution is -2.52. The van der Waals surface area contributed by atoms with Crippen LogP contribution in [0.1, 0.15) is 43.2 Å². The summed E-state index contributed by atoms with van der Waals surface area (Å²) < 4.78 is 40.3. The quantitative estimate of drug-likeness (QED) is 0.294. The zero-order valence-corrected chi connectivity index (χ0v) is 19.9. The lowest BCUT2D eigenvalue weighted by atomic mass is 10.1. The van der Waals surface area contributed by atoms with Gasteiger partial charge >= 0.3 is 5.97 Å². The molecular weight excluding hydrogens is 442 g/mol. The first-order valence-electron chi connectivity index (χ1n) is 11.3. The molecule has 1 saturated heterocycles. The van der Waals surface area contributed by atoms with E-state index in [0.29, 0.717) is 29.8 Å². The molecule has 0 aliphatic carbocycles. The van der Waals surface area contributed by atoms with Gasteiger partial charge in [0.2, 0.25) is 0 Å². The van der Waals surface area contributed by atoms with Gasteiger partial charge in [-0.15, -0.1) is 0 Å². The van der Waals surface area contributed by atoms with Crippen LogP contribution in [0, 0.1) is 0 Å².